The maximum Gasteiger partial charge on any atom is 0.237 e. The van der Waals surface area contributed by atoms with E-state index in [4.69, 9.17) is 9.73 Å². The highest BCUT2D eigenvalue weighted by molar-refractivity contribution is 6.05. The molecule has 60 heavy (non-hydrogen) atoms. The molecule has 2 amide bonds. The summed E-state index contributed by atoms with van der Waals surface area (Å²) in [5, 5.41) is 9.38. The molecule has 13 nitrogen and oxygen atoms in total. The van der Waals surface area contributed by atoms with E-state index in [1.54, 1.807) is 12.1 Å². The van der Waals surface area contributed by atoms with Crippen LogP contribution in [-0.2, 0) is 20.8 Å². The number of nitrogens with one attached hydrogen (secondary N) is 3. The zero-order chi connectivity index (χ0) is 42.8. The van der Waals surface area contributed by atoms with Crippen LogP contribution >= 0.6 is 0 Å². The highest BCUT2D eigenvalue weighted by atomic mass is 16.5. The molecule has 318 valence electrons. The molecule has 1 aromatic carbocycles. The number of aryl methyl sites for hydroxylation is 2. The van der Waals surface area contributed by atoms with Gasteiger partial charge in [-0.05, 0) is 93.8 Å². The summed E-state index contributed by atoms with van der Waals surface area (Å²) >= 11 is 0. The number of allylic oxidation sites excluding steroid dienone is 2. The Bertz CT molecular complexity index is 2150. The van der Waals surface area contributed by atoms with Gasteiger partial charge in [-0.3, -0.25) is 19.5 Å². The Morgan fingerprint density at radius 3 is 2.53 bits per heavy atom. The molecule has 4 aliphatic heterocycles. The second kappa shape index (κ2) is 20.5. The summed E-state index contributed by atoms with van der Waals surface area (Å²) in [6, 6.07) is 10.6. The van der Waals surface area contributed by atoms with E-state index in [2.05, 4.69) is 95.1 Å². The summed E-state index contributed by atoms with van der Waals surface area (Å²) in [6.07, 6.45) is 10.5. The molecule has 0 aliphatic carbocycles. The molecule has 7 rings (SSSR count). The predicted octanol–water partition coefficient (Wildman–Crippen LogP) is 6.66. The van der Waals surface area contributed by atoms with E-state index in [1.165, 1.54) is 18.4 Å². The molecule has 1 unspecified atom stereocenters. The molecule has 2 aromatic heterocycles. The van der Waals surface area contributed by atoms with Gasteiger partial charge in [-0.25, -0.2) is 14.8 Å². The van der Waals surface area contributed by atoms with Crippen molar-refractivity contribution in [2.45, 2.75) is 92.0 Å². The van der Waals surface area contributed by atoms with Crippen molar-refractivity contribution >= 4 is 40.5 Å². The van der Waals surface area contributed by atoms with E-state index < -0.39 is 0 Å². The number of piperidine rings is 2. The van der Waals surface area contributed by atoms with Gasteiger partial charge < -0.3 is 30.5 Å². The lowest BCUT2D eigenvalue weighted by molar-refractivity contribution is -0.132. The fourth-order valence-electron chi connectivity index (χ4n) is 8.50. The Balaban J connectivity index is 0.000000314. The Morgan fingerprint density at radius 2 is 1.85 bits per heavy atom. The van der Waals surface area contributed by atoms with Gasteiger partial charge >= 0.3 is 0 Å². The van der Waals surface area contributed by atoms with Gasteiger partial charge in [-0.15, -0.1) is 0 Å². The van der Waals surface area contributed by atoms with Crippen molar-refractivity contribution in [3.63, 3.8) is 0 Å². The normalized spacial score (nSPS) is 19.4. The summed E-state index contributed by atoms with van der Waals surface area (Å²) in [5.74, 6) is 3.09. The number of hydrogen-bond acceptors (Lipinski definition) is 11. The molecule has 4 aliphatic rings. The molecule has 0 radical (unpaired) electrons. The van der Waals surface area contributed by atoms with Crippen LogP contribution in [0.4, 0.5) is 17.1 Å². The quantitative estimate of drug-likeness (QED) is 0.190. The number of aromatic nitrogens is 2. The number of carbonyl (C=O) groups is 2. The van der Waals surface area contributed by atoms with Gasteiger partial charge in [0.2, 0.25) is 17.7 Å². The van der Waals surface area contributed by atoms with Gasteiger partial charge in [0.05, 0.1) is 30.6 Å². The smallest absolute Gasteiger partial charge is 0.237 e. The number of benzene rings is 1. The zero-order valence-electron chi connectivity index (χ0n) is 36.2. The Hall–Kier alpha value is -5.78. The van der Waals surface area contributed by atoms with Gasteiger partial charge in [0.15, 0.2) is 0 Å². The van der Waals surface area contributed by atoms with E-state index in [0.717, 1.165) is 96.4 Å². The second-order valence-corrected chi connectivity index (χ2v) is 15.9. The van der Waals surface area contributed by atoms with Crippen molar-refractivity contribution in [3.8, 4) is 5.88 Å². The first-order valence-corrected chi connectivity index (χ1v) is 21.4. The van der Waals surface area contributed by atoms with Crippen molar-refractivity contribution in [3.05, 3.63) is 100 Å². The molecule has 13 heteroatoms. The molecule has 3 N–H and O–H groups in total. The first-order valence-electron chi connectivity index (χ1n) is 21.4. The van der Waals surface area contributed by atoms with Crippen LogP contribution < -0.4 is 25.6 Å². The Kier molecular flexibility index (Phi) is 14.9. The van der Waals surface area contributed by atoms with E-state index >= 15 is 0 Å². The minimum absolute atomic E-state index is 0.0803. The Morgan fingerprint density at radius 1 is 1.07 bits per heavy atom. The maximum atomic E-state index is 13.1. The van der Waals surface area contributed by atoms with Gasteiger partial charge in [0, 0.05) is 80.8 Å². The third-order valence-corrected chi connectivity index (χ3v) is 12.1. The molecule has 3 fully saturated rings. The monoisotopic (exact) mass is 815 g/mol. The van der Waals surface area contributed by atoms with E-state index in [0.29, 0.717) is 55.9 Å². The molecule has 0 spiro atoms. The van der Waals surface area contributed by atoms with E-state index in [-0.39, 0.29) is 17.7 Å². The van der Waals surface area contributed by atoms with Crippen molar-refractivity contribution in [2.24, 2.45) is 4.99 Å². The minimum Gasteiger partial charge on any atom is -0.474 e. The Labute approximate surface area is 355 Å². The SMILES string of the molecule is C=C(/N=C1/CN(c2cnc3c(c2C)NCCO3)CC/C1=C/C)Nc1ccc(CC(=O)N2CCN(C(CC)CC)CC2)c(C)c1.Cc1ccc(C2CCC(=O)NC2=C=O)cn1. The predicted molar refractivity (Wildman–Crippen MR) is 239 cm³/mol. The molecular weight excluding hydrogens is 755 g/mol. The summed E-state index contributed by atoms with van der Waals surface area (Å²) < 4.78 is 5.73. The number of rotatable bonds is 10. The summed E-state index contributed by atoms with van der Waals surface area (Å²) in [7, 11) is 0. The first-order chi connectivity index (χ1) is 29.0. The minimum atomic E-state index is -0.116. The van der Waals surface area contributed by atoms with Crippen molar-refractivity contribution in [2.75, 3.05) is 68.0 Å². The number of fused-ring (bicyclic) bond motifs is 1. The summed E-state index contributed by atoms with van der Waals surface area (Å²) in [5.41, 5.74) is 10.7. The molecule has 3 saturated heterocycles. The van der Waals surface area contributed by atoms with Gasteiger partial charge in [0.1, 0.15) is 29.8 Å². The van der Waals surface area contributed by atoms with Gasteiger partial charge in [0.25, 0.3) is 0 Å². The van der Waals surface area contributed by atoms with Gasteiger partial charge in [-0.1, -0.05) is 38.6 Å². The number of pyridine rings is 2. The van der Waals surface area contributed by atoms with Crippen LogP contribution in [-0.4, -0.2) is 102 Å². The largest absolute Gasteiger partial charge is 0.474 e. The standard InChI is InChI=1S/C35H49N7O2.C12H12N2O2/c1-7-27-12-14-42(32-22-37-35-34(25(32)5)36-13-19-44-35)23-31(27)39-26(6)38-29-11-10-28(24(4)20-29)21-33(43)41-17-15-40(16-18-41)30(8-2)9-3;1-8-2-3-9(6-13-8)10-4-5-12(16)14-11(10)7-15/h7,10-11,20,22,30,36,38H,6,8-9,12-19,21,23H2,1-5H3;2-3,6,10H,4-5H2,1H3,(H,14,16)/b27-7-,39-31-;. The number of anilines is 3. The number of nitrogens with zero attached hydrogens (tertiary/aromatic N) is 6. The highest BCUT2D eigenvalue weighted by Crippen LogP contribution is 2.36. The second-order valence-electron chi connectivity index (χ2n) is 15.9. The lowest BCUT2D eigenvalue weighted by Gasteiger charge is -2.39. The molecule has 6 heterocycles. The van der Waals surface area contributed by atoms with E-state index in [1.807, 2.05) is 36.2 Å². The number of amides is 2. The van der Waals surface area contributed by atoms with Crippen LogP contribution in [0.1, 0.15) is 86.7 Å². The van der Waals surface area contributed by atoms with Gasteiger partial charge in [-0.2, -0.15) is 0 Å². The third kappa shape index (κ3) is 10.7. The number of ether oxygens (including phenoxy) is 1. The summed E-state index contributed by atoms with van der Waals surface area (Å²) in [4.78, 5) is 55.6. The average molecular weight is 816 g/mol. The van der Waals surface area contributed by atoms with Crippen LogP contribution in [0.3, 0.4) is 0 Å². The third-order valence-electron chi connectivity index (χ3n) is 12.1. The number of aliphatic imine (C=N–C) groups is 1. The van der Waals surface area contributed by atoms with Crippen molar-refractivity contribution in [1.29, 1.82) is 0 Å². The number of carbonyl (C=O) groups excluding carboxylic acids is 3. The van der Waals surface area contributed by atoms with Crippen LogP contribution in [0.5, 0.6) is 5.88 Å². The lowest BCUT2D eigenvalue weighted by atomic mass is 9.89. The fraction of sp³-hybridized carbons (Fsp3) is 0.468. The summed E-state index contributed by atoms with van der Waals surface area (Å²) in [6.45, 7) is 23.4. The fourth-order valence-corrected chi connectivity index (χ4v) is 8.50. The van der Waals surface area contributed by atoms with Crippen LogP contribution in [0.2, 0.25) is 0 Å². The van der Waals surface area contributed by atoms with E-state index in [9.17, 15) is 14.4 Å². The molecule has 1 atom stereocenters. The molecule has 0 saturated carbocycles. The highest BCUT2D eigenvalue weighted by Gasteiger charge is 2.28. The van der Waals surface area contributed by atoms with Crippen molar-refractivity contribution < 1.29 is 19.1 Å². The molecule has 0 bridgehead atoms. The van der Waals surface area contributed by atoms with Crippen LogP contribution in [0.25, 0.3) is 0 Å². The number of hydrogen-bond donors (Lipinski definition) is 3. The van der Waals surface area contributed by atoms with Crippen LogP contribution in [0.15, 0.2) is 77.5 Å². The number of piperazine rings is 1. The van der Waals surface area contributed by atoms with Crippen molar-refractivity contribution in [1.82, 2.24) is 25.1 Å². The van der Waals surface area contributed by atoms with Crippen LogP contribution in [0, 0.1) is 20.8 Å². The maximum absolute atomic E-state index is 13.1. The first kappa shape index (κ1) is 43.8. The molecule has 3 aromatic rings. The zero-order valence-corrected chi connectivity index (χ0v) is 36.2. The lowest BCUT2D eigenvalue weighted by Crippen LogP contribution is -2.52. The topological polar surface area (TPSA) is 144 Å². The molecular formula is C47H61N9O4. The average Bonchev–Trinajstić information content (AvgIpc) is 3.26.